The SMILES string of the molecule is COc1cc(C)c(COC(=O)[C@@H](NC(=O)Cc2ccccc2)C(C)C)cc1OC. The monoisotopic (exact) mass is 399 g/mol. The van der Waals surface area contributed by atoms with Crippen molar-refractivity contribution in [3.8, 4) is 11.5 Å². The molecular formula is C23H29NO5. The lowest BCUT2D eigenvalue weighted by Crippen LogP contribution is -2.45. The molecule has 1 N–H and O–H groups in total. The first-order valence-corrected chi connectivity index (χ1v) is 9.57. The second-order valence-corrected chi connectivity index (χ2v) is 7.19. The molecule has 0 bridgehead atoms. The summed E-state index contributed by atoms with van der Waals surface area (Å²) in [5, 5.41) is 2.80. The normalized spacial score (nSPS) is 11.7. The van der Waals surface area contributed by atoms with E-state index in [9.17, 15) is 9.59 Å². The molecule has 1 atom stereocenters. The van der Waals surface area contributed by atoms with Crippen LogP contribution in [0.4, 0.5) is 0 Å². The molecule has 0 fully saturated rings. The largest absolute Gasteiger partial charge is 0.493 e. The van der Waals surface area contributed by atoms with Crippen LogP contribution in [0.5, 0.6) is 11.5 Å². The molecule has 0 aliphatic carbocycles. The number of esters is 1. The summed E-state index contributed by atoms with van der Waals surface area (Å²) in [7, 11) is 3.13. The first-order chi connectivity index (χ1) is 13.8. The number of methoxy groups -OCH3 is 2. The van der Waals surface area contributed by atoms with E-state index in [1.165, 1.54) is 0 Å². The van der Waals surface area contributed by atoms with E-state index in [1.54, 1.807) is 20.3 Å². The predicted molar refractivity (Wildman–Crippen MR) is 111 cm³/mol. The zero-order chi connectivity index (χ0) is 21.4. The fraction of sp³-hybridized carbons (Fsp3) is 0.391. The molecule has 6 heteroatoms. The average molecular weight is 399 g/mol. The second kappa shape index (κ2) is 10.5. The summed E-state index contributed by atoms with van der Waals surface area (Å²) >= 11 is 0. The van der Waals surface area contributed by atoms with Crippen LogP contribution in [0.1, 0.15) is 30.5 Å². The van der Waals surface area contributed by atoms with Crippen LogP contribution in [-0.4, -0.2) is 32.1 Å². The van der Waals surface area contributed by atoms with Gasteiger partial charge in [0.25, 0.3) is 0 Å². The van der Waals surface area contributed by atoms with E-state index < -0.39 is 12.0 Å². The highest BCUT2D eigenvalue weighted by atomic mass is 16.5. The van der Waals surface area contributed by atoms with Crippen molar-refractivity contribution in [3.05, 3.63) is 59.2 Å². The number of carbonyl (C=O) groups is 2. The van der Waals surface area contributed by atoms with Crippen molar-refractivity contribution < 1.29 is 23.8 Å². The van der Waals surface area contributed by atoms with Gasteiger partial charge in [-0.1, -0.05) is 44.2 Å². The number of hydrogen-bond donors (Lipinski definition) is 1. The number of carbonyl (C=O) groups excluding carboxylic acids is 2. The van der Waals surface area contributed by atoms with Gasteiger partial charge in [0.15, 0.2) is 11.5 Å². The van der Waals surface area contributed by atoms with Gasteiger partial charge in [0.2, 0.25) is 5.91 Å². The van der Waals surface area contributed by atoms with Crippen LogP contribution in [0.2, 0.25) is 0 Å². The average Bonchev–Trinajstić information content (AvgIpc) is 2.71. The smallest absolute Gasteiger partial charge is 0.329 e. The number of hydrogen-bond acceptors (Lipinski definition) is 5. The zero-order valence-electron chi connectivity index (χ0n) is 17.7. The van der Waals surface area contributed by atoms with Gasteiger partial charge in [-0.15, -0.1) is 0 Å². The van der Waals surface area contributed by atoms with Crippen LogP contribution in [0.15, 0.2) is 42.5 Å². The van der Waals surface area contributed by atoms with E-state index in [4.69, 9.17) is 14.2 Å². The summed E-state index contributed by atoms with van der Waals surface area (Å²) < 4.78 is 16.1. The summed E-state index contributed by atoms with van der Waals surface area (Å²) in [4.78, 5) is 25.0. The van der Waals surface area contributed by atoms with Gasteiger partial charge in [-0.25, -0.2) is 4.79 Å². The minimum Gasteiger partial charge on any atom is -0.493 e. The Bertz CT molecular complexity index is 833. The quantitative estimate of drug-likeness (QED) is 0.654. The van der Waals surface area contributed by atoms with Crippen LogP contribution in [0.3, 0.4) is 0 Å². The van der Waals surface area contributed by atoms with Gasteiger partial charge in [-0.05, 0) is 41.7 Å². The molecule has 0 heterocycles. The van der Waals surface area contributed by atoms with Gasteiger partial charge in [0.1, 0.15) is 12.6 Å². The first-order valence-electron chi connectivity index (χ1n) is 9.57. The number of ether oxygens (including phenoxy) is 3. The van der Waals surface area contributed by atoms with E-state index in [2.05, 4.69) is 5.32 Å². The predicted octanol–water partition coefficient (Wildman–Crippen LogP) is 3.44. The minimum atomic E-state index is -0.716. The summed E-state index contributed by atoms with van der Waals surface area (Å²) in [6, 6.07) is 12.3. The molecule has 0 aliphatic heterocycles. The molecule has 2 aromatic rings. The lowest BCUT2D eigenvalue weighted by atomic mass is 10.0. The van der Waals surface area contributed by atoms with Crippen LogP contribution < -0.4 is 14.8 Å². The maximum Gasteiger partial charge on any atom is 0.329 e. The minimum absolute atomic E-state index is 0.0861. The van der Waals surface area contributed by atoms with E-state index >= 15 is 0 Å². The van der Waals surface area contributed by atoms with Crippen molar-refractivity contribution in [3.63, 3.8) is 0 Å². The molecule has 2 aromatic carbocycles. The molecule has 1 amide bonds. The Morgan fingerprint density at radius 1 is 1.00 bits per heavy atom. The highest BCUT2D eigenvalue weighted by molar-refractivity contribution is 5.85. The molecule has 0 aliphatic rings. The Kier molecular flexibility index (Phi) is 8.07. The third-order valence-corrected chi connectivity index (χ3v) is 4.66. The van der Waals surface area contributed by atoms with Gasteiger partial charge in [0, 0.05) is 0 Å². The Morgan fingerprint density at radius 2 is 1.62 bits per heavy atom. The lowest BCUT2D eigenvalue weighted by molar-refractivity contribution is -0.150. The van der Waals surface area contributed by atoms with E-state index in [-0.39, 0.29) is 24.9 Å². The molecule has 0 saturated heterocycles. The summed E-state index contributed by atoms with van der Waals surface area (Å²) in [6.07, 6.45) is 0.214. The summed E-state index contributed by atoms with van der Waals surface area (Å²) in [6.45, 7) is 5.74. The Hall–Kier alpha value is -3.02. The fourth-order valence-electron chi connectivity index (χ4n) is 2.92. The van der Waals surface area contributed by atoms with Gasteiger partial charge in [0.05, 0.1) is 20.6 Å². The Balaban J connectivity index is 2.02. The van der Waals surface area contributed by atoms with Crippen molar-refractivity contribution in [1.29, 1.82) is 0 Å². The maximum atomic E-state index is 12.6. The molecule has 0 saturated carbocycles. The van der Waals surface area contributed by atoms with Crippen molar-refractivity contribution >= 4 is 11.9 Å². The van der Waals surface area contributed by atoms with E-state index in [1.807, 2.05) is 57.2 Å². The molecule has 156 valence electrons. The van der Waals surface area contributed by atoms with Crippen molar-refractivity contribution in [1.82, 2.24) is 5.32 Å². The maximum absolute atomic E-state index is 12.6. The number of nitrogens with one attached hydrogen (secondary N) is 1. The van der Waals surface area contributed by atoms with Crippen molar-refractivity contribution in [2.24, 2.45) is 5.92 Å². The lowest BCUT2D eigenvalue weighted by Gasteiger charge is -2.21. The van der Waals surface area contributed by atoms with Crippen LogP contribution in [-0.2, 0) is 27.4 Å². The van der Waals surface area contributed by atoms with Gasteiger partial charge in [-0.2, -0.15) is 0 Å². The first kappa shape index (κ1) is 22.3. The molecule has 0 spiro atoms. The van der Waals surface area contributed by atoms with Gasteiger partial charge >= 0.3 is 5.97 Å². The number of amides is 1. The van der Waals surface area contributed by atoms with Gasteiger partial charge < -0.3 is 19.5 Å². The topological polar surface area (TPSA) is 73.9 Å². The molecule has 0 aromatic heterocycles. The van der Waals surface area contributed by atoms with Crippen LogP contribution in [0.25, 0.3) is 0 Å². The molecule has 6 nitrogen and oxygen atoms in total. The molecular weight excluding hydrogens is 370 g/mol. The third-order valence-electron chi connectivity index (χ3n) is 4.66. The van der Waals surface area contributed by atoms with Crippen molar-refractivity contribution in [2.75, 3.05) is 14.2 Å². The van der Waals surface area contributed by atoms with E-state index in [0.717, 1.165) is 16.7 Å². The number of rotatable bonds is 9. The highest BCUT2D eigenvalue weighted by Crippen LogP contribution is 2.30. The standard InChI is InChI=1S/C23H29NO5/c1-15(2)22(24-21(25)12-17-9-7-6-8-10-17)23(26)29-14-18-13-20(28-5)19(27-4)11-16(18)3/h6-11,13,15,22H,12,14H2,1-5H3,(H,24,25)/t22-/m0/s1. The van der Waals surface area contributed by atoms with Crippen LogP contribution >= 0.6 is 0 Å². The van der Waals surface area contributed by atoms with Crippen LogP contribution in [0, 0.1) is 12.8 Å². The van der Waals surface area contributed by atoms with Gasteiger partial charge in [-0.3, -0.25) is 4.79 Å². The Labute approximate surface area is 172 Å². The summed E-state index contributed by atoms with van der Waals surface area (Å²) in [5.74, 6) is 0.410. The number of benzene rings is 2. The molecule has 0 unspecified atom stereocenters. The second-order valence-electron chi connectivity index (χ2n) is 7.19. The van der Waals surface area contributed by atoms with Crippen molar-refractivity contribution in [2.45, 2.75) is 39.8 Å². The molecule has 0 radical (unpaired) electrons. The molecule has 29 heavy (non-hydrogen) atoms. The fourth-order valence-corrected chi connectivity index (χ4v) is 2.92. The third kappa shape index (κ3) is 6.24. The zero-order valence-corrected chi connectivity index (χ0v) is 17.7. The highest BCUT2D eigenvalue weighted by Gasteiger charge is 2.26. The van der Waals surface area contributed by atoms with E-state index in [0.29, 0.717) is 11.5 Å². The number of aryl methyl sites for hydroxylation is 1. The molecule has 2 rings (SSSR count). The Morgan fingerprint density at radius 3 is 2.21 bits per heavy atom. The summed E-state index contributed by atoms with van der Waals surface area (Å²) in [5.41, 5.74) is 2.63.